The summed E-state index contributed by atoms with van der Waals surface area (Å²) in [5.74, 6) is -0.632. The maximum absolute atomic E-state index is 13.3. The second-order valence-electron chi connectivity index (χ2n) is 4.24. The number of amides is 1. The highest BCUT2D eigenvalue weighted by Crippen LogP contribution is 2.12. The van der Waals surface area contributed by atoms with Crippen LogP contribution in [-0.4, -0.2) is 31.1 Å². The first-order chi connectivity index (χ1) is 8.16. The summed E-state index contributed by atoms with van der Waals surface area (Å²) in [6.07, 6.45) is 0. The third kappa shape index (κ3) is 3.01. The van der Waals surface area contributed by atoms with Crippen molar-refractivity contribution < 1.29 is 9.18 Å². The van der Waals surface area contributed by atoms with E-state index >= 15 is 0 Å². The third-order valence-corrected chi connectivity index (χ3v) is 2.79. The highest BCUT2D eigenvalue weighted by atomic mass is 19.1. The molecule has 4 nitrogen and oxygen atoms in total. The Morgan fingerprint density at radius 3 is 2.76 bits per heavy atom. The number of anilines is 1. The van der Waals surface area contributed by atoms with Gasteiger partial charge in [-0.15, -0.1) is 0 Å². The van der Waals surface area contributed by atoms with Crippen molar-refractivity contribution in [1.29, 1.82) is 0 Å². The molecule has 1 saturated heterocycles. The molecule has 0 aliphatic carbocycles. The highest BCUT2D eigenvalue weighted by molar-refractivity contribution is 5.95. The number of carbonyl (C=O) groups is 1. The van der Waals surface area contributed by atoms with E-state index in [1.54, 1.807) is 18.2 Å². The van der Waals surface area contributed by atoms with Gasteiger partial charge in [-0.3, -0.25) is 4.79 Å². The molecule has 1 fully saturated rings. The fourth-order valence-corrected chi connectivity index (χ4v) is 1.75. The zero-order chi connectivity index (χ0) is 12.3. The molecule has 2 unspecified atom stereocenters. The Bertz CT molecular complexity index is 402. The molecule has 1 aliphatic rings. The Kier molecular flexibility index (Phi) is 3.71. The lowest BCUT2D eigenvalue weighted by Gasteiger charge is -2.28. The summed E-state index contributed by atoms with van der Waals surface area (Å²) in [6.45, 7) is 3.33. The Balaban J connectivity index is 1.95. The predicted molar refractivity (Wildman–Crippen MR) is 64.3 cm³/mol. The third-order valence-electron chi connectivity index (χ3n) is 2.79. The quantitative estimate of drug-likeness (QED) is 0.710. The molecule has 1 amide bonds. The van der Waals surface area contributed by atoms with Crippen molar-refractivity contribution in [2.75, 3.05) is 18.4 Å². The molecule has 0 spiro atoms. The molecule has 3 N–H and O–H groups in total. The molecule has 1 aromatic rings. The largest absolute Gasteiger partial charge is 0.322 e. The van der Waals surface area contributed by atoms with Gasteiger partial charge >= 0.3 is 0 Å². The molecule has 1 heterocycles. The highest BCUT2D eigenvalue weighted by Gasteiger charge is 2.23. The smallest absolute Gasteiger partial charge is 0.242 e. The lowest BCUT2D eigenvalue weighted by atomic mass is 10.1. The van der Waals surface area contributed by atoms with Crippen LogP contribution >= 0.6 is 0 Å². The fraction of sp³-hybridized carbons (Fsp3) is 0.417. The molecule has 0 bridgehead atoms. The summed E-state index contributed by atoms with van der Waals surface area (Å²) in [7, 11) is 0. The van der Waals surface area contributed by atoms with Gasteiger partial charge in [0.2, 0.25) is 5.91 Å². The van der Waals surface area contributed by atoms with Crippen LogP contribution in [-0.2, 0) is 4.79 Å². The van der Waals surface area contributed by atoms with Crippen LogP contribution in [0.3, 0.4) is 0 Å². The average Bonchev–Trinajstić information content (AvgIpc) is 2.33. The number of para-hydroxylation sites is 1. The lowest BCUT2D eigenvalue weighted by molar-refractivity contribution is -0.118. The SMILES string of the molecule is CC1CNC(C(=O)Nc2ccccc2F)CN1. The van der Waals surface area contributed by atoms with Gasteiger partial charge in [-0.2, -0.15) is 0 Å². The topological polar surface area (TPSA) is 53.2 Å². The summed E-state index contributed by atoms with van der Waals surface area (Å²) in [5, 5.41) is 8.89. The van der Waals surface area contributed by atoms with Gasteiger partial charge in [-0.05, 0) is 19.1 Å². The summed E-state index contributed by atoms with van der Waals surface area (Å²) in [4.78, 5) is 11.8. The number of rotatable bonds is 2. The van der Waals surface area contributed by atoms with Crippen LogP contribution in [0, 0.1) is 5.82 Å². The Morgan fingerprint density at radius 1 is 1.35 bits per heavy atom. The molecular formula is C12H16FN3O. The first-order valence-corrected chi connectivity index (χ1v) is 5.69. The minimum atomic E-state index is -0.419. The molecule has 0 saturated carbocycles. The van der Waals surface area contributed by atoms with Gasteiger partial charge in [0.05, 0.1) is 11.7 Å². The molecule has 0 radical (unpaired) electrons. The van der Waals surface area contributed by atoms with E-state index < -0.39 is 5.82 Å². The van der Waals surface area contributed by atoms with Crippen LogP contribution in [0.25, 0.3) is 0 Å². The lowest BCUT2D eigenvalue weighted by Crippen LogP contribution is -2.57. The van der Waals surface area contributed by atoms with Crippen molar-refractivity contribution in [2.24, 2.45) is 0 Å². The predicted octanol–water partition coefficient (Wildman–Crippen LogP) is 0.714. The van der Waals surface area contributed by atoms with E-state index in [1.165, 1.54) is 6.07 Å². The molecular weight excluding hydrogens is 221 g/mol. The van der Waals surface area contributed by atoms with Crippen molar-refractivity contribution >= 4 is 11.6 Å². The van der Waals surface area contributed by atoms with E-state index in [1.807, 2.05) is 6.92 Å². The summed E-state index contributed by atoms with van der Waals surface area (Å²) in [6, 6.07) is 6.19. The number of benzene rings is 1. The molecule has 92 valence electrons. The second kappa shape index (κ2) is 5.25. The van der Waals surface area contributed by atoms with Crippen LogP contribution in [0.4, 0.5) is 10.1 Å². The molecule has 5 heteroatoms. The van der Waals surface area contributed by atoms with Crippen molar-refractivity contribution in [3.8, 4) is 0 Å². The van der Waals surface area contributed by atoms with Crippen LogP contribution in [0.1, 0.15) is 6.92 Å². The standard InChI is InChI=1S/C12H16FN3O/c1-8-6-15-11(7-14-8)12(17)16-10-5-3-2-4-9(10)13/h2-5,8,11,14-15H,6-7H2,1H3,(H,16,17). The summed E-state index contributed by atoms with van der Waals surface area (Å²) >= 11 is 0. The molecule has 1 aliphatic heterocycles. The Morgan fingerprint density at radius 2 is 2.12 bits per heavy atom. The van der Waals surface area contributed by atoms with Crippen molar-refractivity contribution in [1.82, 2.24) is 10.6 Å². The van der Waals surface area contributed by atoms with Crippen LogP contribution in [0.15, 0.2) is 24.3 Å². The summed E-state index contributed by atoms with van der Waals surface area (Å²) < 4.78 is 13.3. The molecule has 1 aromatic carbocycles. The van der Waals surface area contributed by atoms with Gasteiger partial charge in [0.15, 0.2) is 0 Å². The van der Waals surface area contributed by atoms with Crippen LogP contribution in [0.2, 0.25) is 0 Å². The molecule has 17 heavy (non-hydrogen) atoms. The van der Waals surface area contributed by atoms with Crippen molar-refractivity contribution in [3.63, 3.8) is 0 Å². The van der Waals surface area contributed by atoms with E-state index in [-0.39, 0.29) is 17.6 Å². The minimum Gasteiger partial charge on any atom is -0.322 e. The van der Waals surface area contributed by atoms with Gasteiger partial charge in [-0.1, -0.05) is 12.1 Å². The monoisotopic (exact) mass is 237 g/mol. The van der Waals surface area contributed by atoms with Crippen LogP contribution < -0.4 is 16.0 Å². The van der Waals surface area contributed by atoms with E-state index in [0.29, 0.717) is 12.6 Å². The summed E-state index contributed by atoms with van der Waals surface area (Å²) in [5.41, 5.74) is 0.220. The fourth-order valence-electron chi connectivity index (χ4n) is 1.75. The maximum atomic E-state index is 13.3. The Hall–Kier alpha value is -1.46. The zero-order valence-corrected chi connectivity index (χ0v) is 9.66. The number of hydrogen-bond acceptors (Lipinski definition) is 3. The second-order valence-corrected chi connectivity index (χ2v) is 4.24. The Labute approximate surface area is 99.6 Å². The van der Waals surface area contributed by atoms with Gasteiger partial charge in [0.1, 0.15) is 5.82 Å². The average molecular weight is 237 g/mol. The van der Waals surface area contributed by atoms with E-state index in [0.717, 1.165) is 6.54 Å². The number of nitrogens with one attached hydrogen (secondary N) is 3. The normalized spacial score (nSPS) is 24.4. The number of piperazine rings is 1. The van der Waals surface area contributed by atoms with Gasteiger partial charge in [0, 0.05) is 19.1 Å². The first-order valence-electron chi connectivity index (χ1n) is 5.69. The zero-order valence-electron chi connectivity index (χ0n) is 9.66. The molecule has 2 atom stereocenters. The molecule has 2 rings (SSSR count). The number of hydrogen-bond donors (Lipinski definition) is 3. The van der Waals surface area contributed by atoms with Gasteiger partial charge in [-0.25, -0.2) is 4.39 Å². The van der Waals surface area contributed by atoms with E-state index in [2.05, 4.69) is 16.0 Å². The van der Waals surface area contributed by atoms with Crippen LogP contribution in [0.5, 0.6) is 0 Å². The van der Waals surface area contributed by atoms with Gasteiger partial charge in [0.25, 0.3) is 0 Å². The number of halogens is 1. The van der Waals surface area contributed by atoms with Gasteiger partial charge < -0.3 is 16.0 Å². The maximum Gasteiger partial charge on any atom is 0.242 e. The number of carbonyl (C=O) groups excluding carboxylic acids is 1. The van der Waals surface area contributed by atoms with E-state index in [4.69, 9.17) is 0 Å². The minimum absolute atomic E-state index is 0.213. The van der Waals surface area contributed by atoms with Crippen molar-refractivity contribution in [2.45, 2.75) is 19.0 Å². The van der Waals surface area contributed by atoms with Crippen molar-refractivity contribution in [3.05, 3.63) is 30.1 Å². The first kappa shape index (κ1) is 12.0. The molecule has 0 aromatic heterocycles. The van der Waals surface area contributed by atoms with E-state index in [9.17, 15) is 9.18 Å².